The minimum atomic E-state index is -0.935. The summed E-state index contributed by atoms with van der Waals surface area (Å²) in [5.74, 6) is -0.203. The fraction of sp³-hybridized carbons (Fsp3) is 0.0714. The summed E-state index contributed by atoms with van der Waals surface area (Å²) in [6.45, 7) is 2.01. The molecule has 1 aromatic carbocycles. The molecule has 0 aliphatic rings. The molecule has 0 unspecified atom stereocenters. The van der Waals surface area contributed by atoms with Crippen LogP contribution >= 0.6 is 11.3 Å². The van der Waals surface area contributed by atoms with Crippen molar-refractivity contribution in [1.29, 1.82) is 0 Å². The molecule has 0 saturated carbocycles. The van der Waals surface area contributed by atoms with Gasteiger partial charge in [0, 0.05) is 5.69 Å². The predicted molar refractivity (Wildman–Crippen MR) is 78.8 cm³/mol. The van der Waals surface area contributed by atoms with Crippen LogP contribution in [0.3, 0.4) is 0 Å². The van der Waals surface area contributed by atoms with E-state index in [1.807, 2.05) is 12.3 Å². The summed E-state index contributed by atoms with van der Waals surface area (Å²) in [5, 5.41) is 14.1. The van der Waals surface area contributed by atoms with Crippen molar-refractivity contribution >= 4 is 39.0 Å². The van der Waals surface area contributed by atoms with Crippen molar-refractivity contribution in [2.75, 3.05) is 5.32 Å². The first-order valence-electron chi connectivity index (χ1n) is 5.94. The molecule has 0 saturated heterocycles. The number of aromatic carboxylic acids is 1. The summed E-state index contributed by atoms with van der Waals surface area (Å²) in [4.78, 5) is 19.3. The number of hydrogen-bond donors (Lipinski definition) is 2. The maximum Gasteiger partial charge on any atom is 0.335 e. The minimum Gasteiger partial charge on any atom is -0.478 e. The van der Waals surface area contributed by atoms with E-state index in [0.29, 0.717) is 0 Å². The number of nitrogens with zero attached hydrogens (tertiary/aromatic N) is 2. The number of anilines is 2. The zero-order valence-corrected chi connectivity index (χ0v) is 11.4. The second kappa shape index (κ2) is 4.90. The lowest BCUT2D eigenvalue weighted by atomic mass is 10.2. The number of hydrogen-bond acceptors (Lipinski definition) is 5. The highest BCUT2D eigenvalue weighted by atomic mass is 32.1. The molecule has 6 heteroatoms. The number of aromatic nitrogens is 2. The van der Waals surface area contributed by atoms with E-state index in [1.165, 1.54) is 6.33 Å². The first kappa shape index (κ1) is 12.6. The zero-order chi connectivity index (χ0) is 14.1. The van der Waals surface area contributed by atoms with Crippen molar-refractivity contribution in [1.82, 2.24) is 9.97 Å². The summed E-state index contributed by atoms with van der Waals surface area (Å²) in [5.41, 5.74) is 3.11. The van der Waals surface area contributed by atoms with Crippen LogP contribution in [0.2, 0.25) is 0 Å². The van der Waals surface area contributed by atoms with Gasteiger partial charge in [0.25, 0.3) is 0 Å². The Hall–Kier alpha value is -2.47. The highest BCUT2D eigenvalue weighted by Crippen LogP contribution is 2.30. The molecule has 0 aliphatic carbocycles. The summed E-state index contributed by atoms with van der Waals surface area (Å²) < 4.78 is 0.993. The fourth-order valence-electron chi connectivity index (χ4n) is 1.89. The Bertz CT molecular complexity index is 781. The highest BCUT2D eigenvalue weighted by Gasteiger charge is 2.08. The van der Waals surface area contributed by atoms with Gasteiger partial charge >= 0.3 is 5.97 Å². The molecule has 0 aliphatic heterocycles. The molecule has 0 bridgehead atoms. The van der Waals surface area contributed by atoms with Crippen LogP contribution < -0.4 is 5.32 Å². The number of carboxylic acids is 1. The first-order valence-corrected chi connectivity index (χ1v) is 6.82. The molecule has 0 atom stereocenters. The lowest BCUT2D eigenvalue weighted by Crippen LogP contribution is -1.98. The molecule has 0 radical (unpaired) electrons. The van der Waals surface area contributed by atoms with Crippen LogP contribution in [0.25, 0.3) is 10.2 Å². The van der Waals surface area contributed by atoms with Gasteiger partial charge < -0.3 is 10.4 Å². The molecule has 0 fully saturated rings. The maximum absolute atomic E-state index is 10.8. The maximum atomic E-state index is 10.8. The third-order valence-electron chi connectivity index (χ3n) is 2.93. The number of aryl methyl sites for hydroxylation is 1. The third kappa shape index (κ3) is 2.21. The molecule has 5 nitrogen and oxygen atoms in total. The van der Waals surface area contributed by atoms with Crippen molar-refractivity contribution in [2.45, 2.75) is 6.92 Å². The Balaban J connectivity index is 1.95. The number of carboxylic acid groups (broad SMARTS) is 1. The Morgan fingerprint density at radius 2 is 2.00 bits per heavy atom. The van der Waals surface area contributed by atoms with Gasteiger partial charge in [-0.15, -0.1) is 11.3 Å². The van der Waals surface area contributed by atoms with Gasteiger partial charge in [0.2, 0.25) is 0 Å². The van der Waals surface area contributed by atoms with Crippen molar-refractivity contribution in [3.05, 3.63) is 47.1 Å². The van der Waals surface area contributed by atoms with Gasteiger partial charge in [-0.2, -0.15) is 0 Å². The van der Waals surface area contributed by atoms with E-state index in [0.717, 1.165) is 27.3 Å². The second-order valence-corrected chi connectivity index (χ2v) is 5.21. The smallest absolute Gasteiger partial charge is 0.335 e. The van der Waals surface area contributed by atoms with E-state index in [2.05, 4.69) is 15.3 Å². The number of benzene rings is 1. The van der Waals surface area contributed by atoms with Crippen molar-refractivity contribution in [2.24, 2.45) is 0 Å². The van der Waals surface area contributed by atoms with Crippen LogP contribution in [-0.4, -0.2) is 21.0 Å². The van der Waals surface area contributed by atoms with E-state index < -0.39 is 5.97 Å². The van der Waals surface area contributed by atoms with Crippen LogP contribution in [0.15, 0.2) is 36.0 Å². The largest absolute Gasteiger partial charge is 0.478 e. The van der Waals surface area contributed by atoms with Gasteiger partial charge in [-0.1, -0.05) is 0 Å². The Labute approximate surface area is 118 Å². The summed E-state index contributed by atoms with van der Waals surface area (Å²) >= 11 is 1.59. The quantitative estimate of drug-likeness (QED) is 0.771. The van der Waals surface area contributed by atoms with E-state index in [4.69, 9.17) is 5.11 Å². The molecular weight excluding hydrogens is 274 g/mol. The van der Waals surface area contributed by atoms with E-state index in [9.17, 15) is 4.79 Å². The Morgan fingerprint density at radius 1 is 1.25 bits per heavy atom. The Kier molecular flexibility index (Phi) is 3.08. The molecule has 2 N–H and O–H groups in total. The van der Waals surface area contributed by atoms with E-state index in [-0.39, 0.29) is 5.56 Å². The number of thiophene rings is 1. The highest BCUT2D eigenvalue weighted by molar-refractivity contribution is 7.18. The van der Waals surface area contributed by atoms with Crippen LogP contribution in [-0.2, 0) is 0 Å². The lowest BCUT2D eigenvalue weighted by molar-refractivity contribution is 0.0697. The van der Waals surface area contributed by atoms with E-state index in [1.54, 1.807) is 35.6 Å². The van der Waals surface area contributed by atoms with Crippen LogP contribution in [0, 0.1) is 6.92 Å². The molecule has 3 rings (SSSR count). The van der Waals surface area contributed by atoms with Gasteiger partial charge in [-0.05, 0) is 42.1 Å². The van der Waals surface area contributed by atoms with Gasteiger partial charge in [-0.25, -0.2) is 14.8 Å². The molecule has 2 aromatic heterocycles. The van der Waals surface area contributed by atoms with Gasteiger partial charge in [0.15, 0.2) is 5.82 Å². The van der Waals surface area contributed by atoms with Crippen LogP contribution in [0.5, 0.6) is 0 Å². The molecule has 3 aromatic rings. The van der Waals surface area contributed by atoms with Gasteiger partial charge in [0.1, 0.15) is 6.33 Å². The molecule has 20 heavy (non-hydrogen) atoms. The molecule has 0 spiro atoms. The lowest BCUT2D eigenvalue weighted by Gasteiger charge is -2.06. The van der Waals surface area contributed by atoms with Crippen LogP contribution in [0.4, 0.5) is 11.5 Å². The van der Waals surface area contributed by atoms with Crippen molar-refractivity contribution in [3.8, 4) is 0 Å². The van der Waals surface area contributed by atoms with Crippen molar-refractivity contribution in [3.63, 3.8) is 0 Å². The summed E-state index contributed by atoms with van der Waals surface area (Å²) in [6, 6.07) is 6.56. The van der Waals surface area contributed by atoms with Crippen LogP contribution in [0.1, 0.15) is 15.9 Å². The third-order valence-corrected chi connectivity index (χ3v) is 4.02. The fourth-order valence-corrected chi connectivity index (χ4v) is 2.84. The zero-order valence-electron chi connectivity index (χ0n) is 10.6. The summed E-state index contributed by atoms with van der Waals surface area (Å²) in [7, 11) is 0. The van der Waals surface area contributed by atoms with Gasteiger partial charge in [-0.3, -0.25) is 0 Å². The standard InChI is InChI=1S/C14H11N3O2S/c1-8-6-20-12-11(8)15-7-16-13(12)17-10-4-2-9(3-5-10)14(18)19/h2-7H,1H3,(H,18,19)(H,15,16,17). The second-order valence-electron chi connectivity index (χ2n) is 4.33. The number of nitrogens with one attached hydrogen (secondary N) is 1. The average molecular weight is 285 g/mol. The average Bonchev–Trinajstić information content (AvgIpc) is 2.82. The number of rotatable bonds is 3. The SMILES string of the molecule is Cc1csc2c(Nc3ccc(C(=O)O)cc3)ncnc12. The normalized spacial score (nSPS) is 10.7. The predicted octanol–water partition coefficient (Wildman–Crippen LogP) is 3.44. The first-order chi connectivity index (χ1) is 9.65. The topological polar surface area (TPSA) is 75.1 Å². The molecule has 2 heterocycles. The molecule has 100 valence electrons. The molecule has 0 amide bonds. The van der Waals surface area contributed by atoms with Crippen molar-refractivity contribution < 1.29 is 9.90 Å². The summed E-state index contributed by atoms with van der Waals surface area (Å²) in [6.07, 6.45) is 1.52. The molecular formula is C14H11N3O2S. The van der Waals surface area contributed by atoms with Gasteiger partial charge in [0.05, 0.1) is 15.8 Å². The number of carbonyl (C=O) groups is 1. The number of fused-ring (bicyclic) bond motifs is 1. The Morgan fingerprint density at radius 3 is 2.70 bits per heavy atom. The monoisotopic (exact) mass is 285 g/mol. The minimum absolute atomic E-state index is 0.260. The van der Waals surface area contributed by atoms with E-state index >= 15 is 0 Å².